The zero-order chi connectivity index (χ0) is 18.9. The van der Waals surface area contributed by atoms with Crippen LogP contribution in [-0.2, 0) is 6.54 Å². The van der Waals surface area contributed by atoms with Gasteiger partial charge in [0.2, 0.25) is 0 Å². The van der Waals surface area contributed by atoms with Crippen molar-refractivity contribution >= 4 is 27.8 Å². The minimum atomic E-state index is -0.153. The van der Waals surface area contributed by atoms with Crippen LogP contribution in [0.5, 0.6) is 0 Å². The first-order valence-electron chi connectivity index (χ1n) is 8.88. The van der Waals surface area contributed by atoms with Crippen LogP contribution in [0.2, 0.25) is 0 Å². The van der Waals surface area contributed by atoms with E-state index in [-0.39, 0.29) is 5.56 Å². The van der Waals surface area contributed by atoms with Crippen LogP contribution in [0, 0.1) is 0 Å². The molecule has 0 amide bonds. The number of pyridine rings is 2. The van der Waals surface area contributed by atoms with Crippen LogP contribution >= 0.6 is 0 Å². The highest BCUT2D eigenvalue weighted by Gasteiger charge is 2.11. The van der Waals surface area contributed by atoms with Crippen molar-refractivity contribution in [3.63, 3.8) is 0 Å². The molecule has 5 rings (SSSR count). The van der Waals surface area contributed by atoms with Crippen molar-refractivity contribution in [2.24, 2.45) is 0 Å². The molecule has 5 aromatic rings. The molecule has 4 heterocycles. The number of nitrogens with zero attached hydrogens (tertiary/aromatic N) is 3. The lowest BCUT2D eigenvalue weighted by atomic mass is 10.0. The molecule has 0 aliphatic heterocycles. The number of aromatic nitrogens is 5. The maximum Gasteiger partial charge on any atom is 0.258 e. The molecule has 0 spiro atoms. The first-order chi connectivity index (χ1) is 13.8. The van der Waals surface area contributed by atoms with Gasteiger partial charge in [0, 0.05) is 17.8 Å². The number of hydrogen-bond donors (Lipinski definition) is 3. The van der Waals surface area contributed by atoms with Crippen molar-refractivity contribution in [1.29, 1.82) is 0 Å². The van der Waals surface area contributed by atoms with Gasteiger partial charge in [-0.15, -0.1) is 0 Å². The molecule has 0 fully saturated rings. The molecule has 28 heavy (non-hydrogen) atoms. The summed E-state index contributed by atoms with van der Waals surface area (Å²) in [6.07, 6.45) is 5.05. The average Bonchev–Trinajstić information content (AvgIpc) is 3.21. The Kier molecular flexibility index (Phi) is 3.83. The van der Waals surface area contributed by atoms with Crippen molar-refractivity contribution in [3.05, 3.63) is 83.3 Å². The van der Waals surface area contributed by atoms with E-state index in [4.69, 9.17) is 0 Å². The first-order valence-corrected chi connectivity index (χ1v) is 8.88. The Labute approximate surface area is 159 Å². The van der Waals surface area contributed by atoms with Gasteiger partial charge in [-0.2, -0.15) is 0 Å². The predicted molar refractivity (Wildman–Crippen MR) is 109 cm³/mol. The minimum absolute atomic E-state index is 0.153. The number of H-pyrrole nitrogens is 2. The van der Waals surface area contributed by atoms with E-state index in [1.807, 2.05) is 54.7 Å². The zero-order valence-electron chi connectivity index (χ0n) is 14.8. The van der Waals surface area contributed by atoms with E-state index >= 15 is 0 Å². The van der Waals surface area contributed by atoms with Crippen molar-refractivity contribution in [1.82, 2.24) is 24.9 Å². The Morgan fingerprint density at radius 1 is 0.964 bits per heavy atom. The molecule has 0 radical (unpaired) electrons. The van der Waals surface area contributed by atoms with Crippen LogP contribution < -0.4 is 10.9 Å². The first kappa shape index (κ1) is 16.2. The van der Waals surface area contributed by atoms with Crippen LogP contribution in [0.3, 0.4) is 0 Å². The third kappa shape index (κ3) is 2.88. The van der Waals surface area contributed by atoms with Gasteiger partial charge in [0.25, 0.3) is 5.56 Å². The van der Waals surface area contributed by atoms with Crippen LogP contribution in [0.25, 0.3) is 33.1 Å². The fourth-order valence-corrected chi connectivity index (χ4v) is 3.29. The molecule has 0 unspecified atom stereocenters. The average molecular weight is 368 g/mol. The molecular formula is C21H16N6O. The molecule has 136 valence electrons. The van der Waals surface area contributed by atoms with Gasteiger partial charge in [0.1, 0.15) is 11.5 Å². The number of nitrogens with one attached hydrogen (secondary N) is 3. The van der Waals surface area contributed by atoms with Crippen molar-refractivity contribution in [2.45, 2.75) is 6.54 Å². The highest BCUT2D eigenvalue weighted by molar-refractivity contribution is 5.97. The second-order valence-electron chi connectivity index (χ2n) is 6.43. The van der Waals surface area contributed by atoms with Crippen molar-refractivity contribution in [3.8, 4) is 11.1 Å². The number of anilines is 1. The van der Waals surface area contributed by atoms with E-state index in [1.54, 1.807) is 6.20 Å². The molecule has 0 aliphatic rings. The van der Waals surface area contributed by atoms with Gasteiger partial charge in [-0.05, 0) is 47.5 Å². The highest BCUT2D eigenvalue weighted by Crippen LogP contribution is 2.31. The van der Waals surface area contributed by atoms with Gasteiger partial charge in [-0.1, -0.05) is 12.1 Å². The van der Waals surface area contributed by atoms with E-state index in [0.717, 1.165) is 33.7 Å². The standard InChI is InChI=1S/C21H16N6O/c28-21-17-9-13(4-5-18(17)25-12-26-21)16-10-19(27-20-15(16)6-8-23-20)24-11-14-3-1-2-7-22-14/h1-10,12H,11H2,(H2,23,24,27)(H,25,26,28). The van der Waals surface area contributed by atoms with Crippen LogP contribution in [0.4, 0.5) is 5.82 Å². The molecule has 3 N–H and O–H groups in total. The summed E-state index contributed by atoms with van der Waals surface area (Å²) in [4.78, 5) is 31.2. The monoisotopic (exact) mass is 368 g/mol. The van der Waals surface area contributed by atoms with E-state index in [0.29, 0.717) is 17.4 Å². The molecule has 7 heteroatoms. The summed E-state index contributed by atoms with van der Waals surface area (Å²) >= 11 is 0. The normalized spacial score (nSPS) is 11.1. The Bertz CT molecular complexity index is 1340. The number of fused-ring (bicyclic) bond motifs is 2. The summed E-state index contributed by atoms with van der Waals surface area (Å²) in [6, 6.07) is 15.5. The molecular weight excluding hydrogens is 352 g/mol. The number of benzene rings is 1. The Morgan fingerprint density at radius 2 is 1.93 bits per heavy atom. The van der Waals surface area contributed by atoms with Gasteiger partial charge >= 0.3 is 0 Å². The van der Waals surface area contributed by atoms with Crippen LogP contribution in [-0.4, -0.2) is 24.9 Å². The lowest BCUT2D eigenvalue weighted by Crippen LogP contribution is -2.06. The molecule has 7 nitrogen and oxygen atoms in total. The molecule has 0 aliphatic carbocycles. The minimum Gasteiger partial charge on any atom is -0.364 e. The van der Waals surface area contributed by atoms with E-state index < -0.39 is 0 Å². The van der Waals surface area contributed by atoms with Gasteiger partial charge in [-0.3, -0.25) is 9.78 Å². The maximum absolute atomic E-state index is 12.2. The number of rotatable bonds is 4. The van der Waals surface area contributed by atoms with Gasteiger partial charge in [0.05, 0.1) is 29.5 Å². The smallest absolute Gasteiger partial charge is 0.258 e. The summed E-state index contributed by atoms with van der Waals surface area (Å²) in [5.74, 6) is 0.732. The quantitative estimate of drug-likeness (QED) is 0.451. The molecule has 0 bridgehead atoms. The number of aromatic amines is 2. The Morgan fingerprint density at radius 3 is 2.82 bits per heavy atom. The van der Waals surface area contributed by atoms with Gasteiger partial charge < -0.3 is 15.3 Å². The second-order valence-corrected chi connectivity index (χ2v) is 6.43. The largest absolute Gasteiger partial charge is 0.364 e. The lowest BCUT2D eigenvalue weighted by Gasteiger charge is -2.10. The molecule has 0 saturated heterocycles. The molecule has 1 aromatic carbocycles. The van der Waals surface area contributed by atoms with Crippen LogP contribution in [0.15, 0.2) is 72.0 Å². The number of hydrogen-bond acceptors (Lipinski definition) is 5. The predicted octanol–water partition coefficient (Wildman–Crippen LogP) is 3.47. The summed E-state index contributed by atoms with van der Waals surface area (Å²) < 4.78 is 0. The van der Waals surface area contributed by atoms with Gasteiger partial charge in [0.15, 0.2) is 0 Å². The summed E-state index contributed by atoms with van der Waals surface area (Å²) in [5, 5.41) is 4.88. The van der Waals surface area contributed by atoms with Gasteiger partial charge in [-0.25, -0.2) is 9.97 Å². The van der Waals surface area contributed by atoms with E-state index in [9.17, 15) is 4.79 Å². The van der Waals surface area contributed by atoms with E-state index in [2.05, 4.69) is 30.2 Å². The zero-order valence-corrected chi connectivity index (χ0v) is 14.8. The fourth-order valence-electron chi connectivity index (χ4n) is 3.29. The summed E-state index contributed by atoms with van der Waals surface area (Å²) in [5.41, 5.74) is 4.14. The third-order valence-corrected chi connectivity index (χ3v) is 4.66. The van der Waals surface area contributed by atoms with Crippen molar-refractivity contribution < 1.29 is 0 Å². The Balaban J connectivity index is 1.59. The molecule has 0 saturated carbocycles. The third-order valence-electron chi connectivity index (χ3n) is 4.66. The Hall–Kier alpha value is -4.00. The summed E-state index contributed by atoms with van der Waals surface area (Å²) in [6.45, 7) is 0.570. The van der Waals surface area contributed by atoms with Crippen LogP contribution in [0.1, 0.15) is 5.69 Å². The lowest BCUT2D eigenvalue weighted by molar-refractivity contribution is 1.03. The highest BCUT2D eigenvalue weighted by atomic mass is 16.1. The second kappa shape index (κ2) is 6.62. The maximum atomic E-state index is 12.2. The molecule has 0 atom stereocenters. The van der Waals surface area contributed by atoms with E-state index in [1.165, 1.54) is 6.33 Å². The topological polar surface area (TPSA) is 99.3 Å². The SMILES string of the molecule is O=c1[nH]cnc2ccc(-c3cc(NCc4ccccn4)nc4[nH]ccc34)cc12. The summed E-state index contributed by atoms with van der Waals surface area (Å²) in [7, 11) is 0. The molecule has 4 aromatic heterocycles. The fraction of sp³-hybridized carbons (Fsp3) is 0.0476. The van der Waals surface area contributed by atoms with Crippen molar-refractivity contribution in [2.75, 3.05) is 5.32 Å².